The fourth-order valence-electron chi connectivity index (χ4n) is 4.26. The molecule has 2 aromatic carbocycles. The highest BCUT2D eigenvalue weighted by atomic mass is 32.2. The van der Waals surface area contributed by atoms with Crippen molar-refractivity contribution < 1.29 is 4.79 Å². The summed E-state index contributed by atoms with van der Waals surface area (Å²) in [6, 6.07) is 15.1. The number of rotatable bonds is 5. The minimum Gasteiger partial charge on any atom is -0.337 e. The maximum atomic E-state index is 12.8. The van der Waals surface area contributed by atoms with Gasteiger partial charge in [-0.05, 0) is 49.4 Å². The van der Waals surface area contributed by atoms with Crippen LogP contribution in [0.25, 0.3) is 10.8 Å². The summed E-state index contributed by atoms with van der Waals surface area (Å²) < 4.78 is 1.52. The molecule has 7 heteroatoms. The van der Waals surface area contributed by atoms with Crippen molar-refractivity contribution in [3.63, 3.8) is 0 Å². The van der Waals surface area contributed by atoms with E-state index in [0.29, 0.717) is 35.2 Å². The van der Waals surface area contributed by atoms with Crippen molar-refractivity contribution in [2.24, 2.45) is 0 Å². The second kappa shape index (κ2) is 8.45. The van der Waals surface area contributed by atoms with Crippen LogP contribution in [0.5, 0.6) is 0 Å². The van der Waals surface area contributed by atoms with Gasteiger partial charge in [0.2, 0.25) is 11.1 Å². The lowest BCUT2D eigenvalue weighted by atomic mass is 9.98. The first-order chi connectivity index (χ1) is 14.0. The van der Waals surface area contributed by atoms with Crippen LogP contribution in [0, 0.1) is 0 Å². The number of aromatic nitrogens is 3. The minimum absolute atomic E-state index is 0.147. The van der Waals surface area contributed by atoms with E-state index in [9.17, 15) is 4.79 Å². The lowest BCUT2D eigenvalue weighted by Gasteiger charge is -2.39. The molecular formula is C22H27N5OS. The highest BCUT2D eigenvalue weighted by Crippen LogP contribution is 2.25. The Balaban J connectivity index is 1.45. The molecule has 2 heterocycles. The predicted molar refractivity (Wildman–Crippen MR) is 117 cm³/mol. The van der Waals surface area contributed by atoms with Crippen LogP contribution < -0.4 is 5.84 Å². The zero-order chi connectivity index (χ0) is 20.4. The standard InChI is InChI=1S/C22H27N5OS/c1-15-7-5-8-16(2)26(15)21(28)14-29-22-25-24-20(27(22)23)13-18-11-6-10-17-9-3-4-12-19(17)18/h3-4,6,9-12,15-16H,5,7-8,13-14,23H2,1-2H3/t15-,16-/m0/s1. The SMILES string of the molecule is C[C@H]1CCC[C@H](C)N1C(=O)CSc1nnc(Cc2cccc3ccccc23)n1N. The van der Waals surface area contributed by atoms with E-state index in [0.717, 1.165) is 18.4 Å². The van der Waals surface area contributed by atoms with E-state index < -0.39 is 0 Å². The Kier molecular flexibility index (Phi) is 5.76. The smallest absolute Gasteiger partial charge is 0.233 e. The summed E-state index contributed by atoms with van der Waals surface area (Å²) in [5.41, 5.74) is 1.16. The zero-order valence-corrected chi connectivity index (χ0v) is 17.7. The fraction of sp³-hybridized carbons (Fsp3) is 0.409. The molecule has 1 aromatic heterocycles. The summed E-state index contributed by atoms with van der Waals surface area (Å²) in [7, 11) is 0. The Morgan fingerprint density at radius 2 is 1.83 bits per heavy atom. The molecule has 29 heavy (non-hydrogen) atoms. The third-order valence-electron chi connectivity index (χ3n) is 5.77. The van der Waals surface area contributed by atoms with Crippen LogP contribution in [0.1, 0.15) is 44.5 Å². The highest BCUT2D eigenvalue weighted by molar-refractivity contribution is 7.99. The quantitative estimate of drug-likeness (QED) is 0.514. The first-order valence-electron chi connectivity index (χ1n) is 10.1. The summed E-state index contributed by atoms with van der Waals surface area (Å²) >= 11 is 1.36. The monoisotopic (exact) mass is 409 g/mol. The van der Waals surface area contributed by atoms with Gasteiger partial charge >= 0.3 is 0 Å². The first-order valence-corrected chi connectivity index (χ1v) is 11.1. The first kappa shape index (κ1) is 19.8. The molecule has 0 spiro atoms. The Morgan fingerprint density at radius 3 is 2.62 bits per heavy atom. The van der Waals surface area contributed by atoms with E-state index in [4.69, 9.17) is 5.84 Å². The summed E-state index contributed by atoms with van der Waals surface area (Å²) in [5, 5.41) is 11.5. The summed E-state index contributed by atoms with van der Waals surface area (Å²) in [6.07, 6.45) is 3.93. The van der Waals surface area contributed by atoms with Crippen LogP contribution >= 0.6 is 11.8 Å². The van der Waals surface area contributed by atoms with Gasteiger partial charge in [0.15, 0.2) is 5.82 Å². The Labute approximate surface area is 175 Å². The van der Waals surface area contributed by atoms with Gasteiger partial charge in [-0.2, -0.15) is 0 Å². The average molecular weight is 410 g/mol. The second-order valence-electron chi connectivity index (χ2n) is 7.80. The van der Waals surface area contributed by atoms with Gasteiger partial charge in [-0.15, -0.1) is 10.2 Å². The molecule has 3 aromatic rings. The summed E-state index contributed by atoms with van der Waals surface area (Å²) in [6.45, 7) is 4.26. The number of nitrogens with two attached hydrogens (primary N) is 1. The number of likely N-dealkylation sites (tertiary alicyclic amines) is 1. The number of nitrogen functional groups attached to an aromatic ring is 1. The lowest BCUT2D eigenvalue weighted by Crippen LogP contribution is -2.48. The van der Waals surface area contributed by atoms with Crippen molar-refractivity contribution in [1.29, 1.82) is 0 Å². The zero-order valence-electron chi connectivity index (χ0n) is 16.9. The Hall–Kier alpha value is -2.54. The third kappa shape index (κ3) is 4.10. The van der Waals surface area contributed by atoms with Crippen LogP contribution in [0.3, 0.4) is 0 Å². The Morgan fingerprint density at radius 1 is 1.10 bits per heavy atom. The van der Waals surface area contributed by atoms with Gasteiger partial charge < -0.3 is 10.7 Å². The fourth-order valence-corrected chi connectivity index (χ4v) is 5.00. The minimum atomic E-state index is 0.147. The normalized spacial score (nSPS) is 19.6. The number of carbonyl (C=O) groups excluding carboxylic acids is 1. The largest absolute Gasteiger partial charge is 0.337 e. The van der Waals surface area contributed by atoms with Crippen molar-refractivity contribution in [3.8, 4) is 0 Å². The molecule has 2 N–H and O–H groups in total. The van der Waals surface area contributed by atoms with Crippen molar-refractivity contribution in [2.75, 3.05) is 11.6 Å². The summed E-state index contributed by atoms with van der Waals surface area (Å²) in [5.74, 6) is 7.43. The molecule has 152 valence electrons. The molecule has 0 bridgehead atoms. The van der Waals surface area contributed by atoms with E-state index in [2.05, 4.69) is 48.3 Å². The third-order valence-corrected chi connectivity index (χ3v) is 6.70. The number of nitrogens with zero attached hydrogens (tertiary/aromatic N) is 4. The number of thioether (sulfide) groups is 1. The van der Waals surface area contributed by atoms with Crippen molar-refractivity contribution >= 4 is 28.4 Å². The van der Waals surface area contributed by atoms with Gasteiger partial charge in [0, 0.05) is 18.5 Å². The van der Waals surface area contributed by atoms with Gasteiger partial charge in [-0.3, -0.25) is 4.79 Å². The molecule has 0 saturated carbocycles. The Bertz CT molecular complexity index is 1000. The van der Waals surface area contributed by atoms with Crippen LogP contribution in [-0.4, -0.2) is 43.5 Å². The number of carbonyl (C=O) groups is 1. The van der Waals surface area contributed by atoms with E-state index in [1.165, 1.54) is 33.6 Å². The topological polar surface area (TPSA) is 77.0 Å². The molecule has 0 unspecified atom stereocenters. The van der Waals surface area contributed by atoms with Crippen LogP contribution in [0.15, 0.2) is 47.6 Å². The molecule has 1 aliphatic heterocycles. The van der Waals surface area contributed by atoms with Crippen molar-refractivity contribution in [2.45, 2.75) is 56.8 Å². The number of fused-ring (bicyclic) bond motifs is 1. The van der Waals surface area contributed by atoms with Crippen molar-refractivity contribution in [3.05, 3.63) is 53.9 Å². The number of hydrogen-bond donors (Lipinski definition) is 1. The summed E-state index contributed by atoms with van der Waals surface area (Å²) in [4.78, 5) is 14.8. The molecule has 0 aliphatic carbocycles. The number of hydrogen-bond acceptors (Lipinski definition) is 5. The molecule has 6 nitrogen and oxygen atoms in total. The number of amides is 1. The molecular weight excluding hydrogens is 382 g/mol. The predicted octanol–water partition coefficient (Wildman–Crippen LogP) is 3.62. The molecule has 0 radical (unpaired) electrons. The molecule has 1 fully saturated rings. The molecule has 4 rings (SSSR count). The maximum absolute atomic E-state index is 12.8. The van der Waals surface area contributed by atoms with Crippen LogP contribution in [-0.2, 0) is 11.2 Å². The van der Waals surface area contributed by atoms with Gasteiger partial charge in [0.25, 0.3) is 0 Å². The van der Waals surface area contributed by atoms with Crippen LogP contribution in [0.4, 0.5) is 0 Å². The van der Waals surface area contributed by atoms with E-state index in [-0.39, 0.29) is 5.91 Å². The highest BCUT2D eigenvalue weighted by Gasteiger charge is 2.29. The number of benzene rings is 2. The lowest BCUT2D eigenvalue weighted by molar-refractivity contribution is -0.134. The van der Waals surface area contributed by atoms with E-state index >= 15 is 0 Å². The van der Waals surface area contributed by atoms with Crippen LogP contribution in [0.2, 0.25) is 0 Å². The molecule has 2 atom stereocenters. The molecule has 1 amide bonds. The van der Waals surface area contributed by atoms with E-state index in [1.807, 2.05) is 23.1 Å². The van der Waals surface area contributed by atoms with Gasteiger partial charge in [0.1, 0.15) is 0 Å². The van der Waals surface area contributed by atoms with Crippen molar-refractivity contribution in [1.82, 2.24) is 19.8 Å². The van der Waals surface area contributed by atoms with Gasteiger partial charge in [-0.1, -0.05) is 54.2 Å². The average Bonchev–Trinajstić information content (AvgIpc) is 3.06. The number of piperidine rings is 1. The molecule has 1 aliphatic rings. The van der Waals surface area contributed by atoms with Gasteiger partial charge in [0.05, 0.1) is 5.75 Å². The van der Waals surface area contributed by atoms with Gasteiger partial charge in [-0.25, -0.2) is 4.68 Å². The maximum Gasteiger partial charge on any atom is 0.233 e. The molecule has 1 saturated heterocycles. The van der Waals surface area contributed by atoms with E-state index in [1.54, 1.807) is 0 Å². The second-order valence-corrected chi connectivity index (χ2v) is 8.74.